The highest BCUT2D eigenvalue weighted by Gasteiger charge is 2.32. The van der Waals surface area contributed by atoms with Crippen molar-refractivity contribution >= 4 is 0 Å². The van der Waals surface area contributed by atoms with Crippen molar-refractivity contribution < 1.29 is 5.11 Å². The lowest BCUT2D eigenvalue weighted by Crippen LogP contribution is -2.21. The van der Waals surface area contributed by atoms with Crippen molar-refractivity contribution in [3.8, 4) is 0 Å². The van der Waals surface area contributed by atoms with Crippen molar-refractivity contribution in [2.45, 2.75) is 46.0 Å². The average Bonchev–Trinajstić information content (AvgIpc) is 2.52. The van der Waals surface area contributed by atoms with Gasteiger partial charge in [0, 0.05) is 6.61 Å². The van der Waals surface area contributed by atoms with Gasteiger partial charge in [-0.1, -0.05) is 45.9 Å². The minimum Gasteiger partial charge on any atom is -0.396 e. The summed E-state index contributed by atoms with van der Waals surface area (Å²) in [6.07, 6.45) is 2.03. The van der Waals surface area contributed by atoms with Crippen molar-refractivity contribution in [2.75, 3.05) is 6.61 Å². The monoisotopic (exact) mass is 218 g/mol. The van der Waals surface area contributed by atoms with E-state index in [2.05, 4.69) is 45.9 Å². The molecule has 1 aliphatic carbocycles. The number of aliphatic hydroxyl groups is 1. The quantitative estimate of drug-likeness (QED) is 0.768. The molecular formula is C15H22O. The molecule has 1 atom stereocenters. The van der Waals surface area contributed by atoms with Crippen molar-refractivity contribution in [2.24, 2.45) is 5.41 Å². The molecule has 88 valence electrons. The van der Waals surface area contributed by atoms with Crippen LogP contribution in [0.1, 0.15) is 44.4 Å². The third-order valence-corrected chi connectivity index (χ3v) is 3.69. The first kappa shape index (κ1) is 11.7. The summed E-state index contributed by atoms with van der Waals surface area (Å²) in [6.45, 7) is 9.19. The van der Waals surface area contributed by atoms with Crippen LogP contribution in [0.25, 0.3) is 0 Å². The van der Waals surface area contributed by atoms with E-state index >= 15 is 0 Å². The van der Waals surface area contributed by atoms with Crippen LogP contribution in [0.5, 0.6) is 0 Å². The zero-order valence-corrected chi connectivity index (χ0v) is 10.8. The van der Waals surface area contributed by atoms with Crippen molar-refractivity contribution in [3.63, 3.8) is 0 Å². The van der Waals surface area contributed by atoms with Gasteiger partial charge in [0.25, 0.3) is 0 Å². The van der Waals surface area contributed by atoms with E-state index in [1.54, 1.807) is 0 Å². The summed E-state index contributed by atoms with van der Waals surface area (Å²) in [7, 11) is 0. The molecule has 0 saturated carbocycles. The maximum atomic E-state index is 9.43. The zero-order valence-electron chi connectivity index (χ0n) is 10.8. The van der Waals surface area contributed by atoms with E-state index in [0.29, 0.717) is 0 Å². The SMILES string of the molecule is CC(C)(C)c1ccc2c(c1)C[C@](C)(CO)C2. The summed E-state index contributed by atoms with van der Waals surface area (Å²) in [4.78, 5) is 0. The molecule has 0 spiro atoms. The Balaban J connectivity index is 2.35. The predicted molar refractivity (Wildman–Crippen MR) is 67.7 cm³/mol. The van der Waals surface area contributed by atoms with Crippen LogP contribution >= 0.6 is 0 Å². The van der Waals surface area contributed by atoms with E-state index in [1.165, 1.54) is 16.7 Å². The molecule has 0 radical (unpaired) electrons. The third-order valence-electron chi connectivity index (χ3n) is 3.69. The molecule has 1 aromatic rings. The van der Waals surface area contributed by atoms with Crippen LogP contribution in [0, 0.1) is 5.41 Å². The van der Waals surface area contributed by atoms with E-state index in [4.69, 9.17) is 0 Å². The van der Waals surface area contributed by atoms with Gasteiger partial charge >= 0.3 is 0 Å². The van der Waals surface area contributed by atoms with Gasteiger partial charge in [-0.15, -0.1) is 0 Å². The second-order valence-corrected chi connectivity index (χ2v) is 6.56. The molecule has 0 amide bonds. The summed E-state index contributed by atoms with van der Waals surface area (Å²) in [5.74, 6) is 0. The predicted octanol–water partition coefficient (Wildman–Crippen LogP) is 3.08. The summed E-state index contributed by atoms with van der Waals surface area (Å²) in [5.41, 5.74) is 4.54. The normalized spacial score (nSPS) is 24.6. The number of benzene rings is 1. The van der Waals surface area contributed by atoms with Gasteiger partial charge in [-0.3, -0.25) is 0 Å². The van der Waals surface area contributed by atoms with Gasteiger partial charge in [0.2, 0.25) is 0 Å². The molecule has 1 aromatic carbocycles. The fourth-order valence-corrected chi connectivity index (χ4v) is 2.52. The van der Waals surface area contributed by atoms with Crippen LogP contribution in [0.15, 0.2) is 18.2 Å². The second-order valence-electron chi connectivity index (χ2n) is 6.56. The van der Waals surface area contributed by atoms with Crippen LogP contribution in [0.4, 0.5) is 0 Å². The maximum Gasteiger partial charge on any atom is 0.0491 e. The number of aliphatic hydroxyl groups excluding tert-OH is 1. The first-order valence-electron chi connectivity index (χ1n) is 6.07. The number of rotatable bonds is 1. The minimum absolute atomic E-state index is 0.0683. The van der Waals surface area contributed by atoms with E-state index < -0.39 is 0 Å². The average molecular weight is 218 g/mol. The van der Waals surface area contributed by atoms with E-state index in [9.17, 15) is 5.11 Å². The Hall–Kier alpha value is -0.820. The summed E-state index contributed by atoms with van der Waals surface area (Å²) in [6, 6.07) is 6.81. The third kappa shape index (κ3) is 2.01. The Kier molecular flexibility index (Phi) is 2.62. The molecule has 1 N–H and O–H groups in total. The number of hydrogen-bond donors (Lipinski definition) is 1. The highest BCUT2D eigenvalue weighted by molar-refractivity contribution is 5.39. The van der Waals surface area contributed by atoms with Gasteiger partial charge in [-0.25, -0.2) is 0 Å². The Labute approximate surface area is 98.5 Å². The Morgan fingerprint density at radius 3 is 2.38 bits per heavy atom. The molecular weight excluding hydrogens is 196 g/mol. The largest absolute Gasteiger partial charge is 0.396 e. The van der Waals surface area contributed by atoms with Crippen molar-refractivity contribution in [1.29, 1.82) is 0 Å². The fourth-order valence-electron chi connectivity index (χ4n) is 2.52. The fraction of sp³-hybridized carbons (Fsp3) is 0.600. The Morgan fingerprint density at radius 2 is 1.81 bits per heavy atom. The molecule has 1 aliphatic rings. The molecule has 0 fully saturated rings. The van der Waals surface area contributed by atoms with Crippen LogP contribution in [-0.4, -0.2) is 11.7 Å². The molecule has 1 nitrogen and oxygen atoms in total. The van der Waals surface area contributed by atoms with E-state index in [-0.39, 0.29) is 17.4 Å². The highest BCUT2D eigenvalue weighted by Crippen LogP contribution is 2.38. The number of fused-ring (bicyclic) bond motifs is 1. The lowest BCUT2D eigenvalue weighted by molar-refractivity contribution is 0.152. The zero-order chi connectivity index (χ0) is 12.0. The smallest absolute Gasteiger partial charge is 0.0491 e. The Morgan fingerprint density at radius 1 is 1.19 bits per heavy atom. The van der Waals surface area contributed by atoms with Crippen molar-refractivity contribution in [1.82, 2.24) is 0 Å². The Bertz CT molecular complexity index is 400. The molecule has 0 aliphatic heterocycles. The summed E-state index contributed by atoms with van der Waals surface area (Å²) >= 11 is 0. The minimum atomic E-state index is 0.0683. The first-order chi connectivity index (χ1) is 7.34. The molecule has 0 unspecified atom stereocenters. The van der Waals surface area contributed by atoms with Crippen LogP contribution in [0.3, 0.4) is 0 Å². The highest BCUT2D eigenvalue weighted by atomic mass is 16.3. The topological polar surface area (TPSA) is 20.2 Å². The maximum absolute atomic E-state index is 9.43. The molecule has 2 rings (SSSR count). The molecule has 1 heteroatoms. The lowest BCUT2D eigenvalue weighted by Gasteiger charge is -2.20. The molecule has 16 heavy (non-hydrogen) atoms. The van der Waals surface area contributed by atoms with E-state index in [0.717, 1.165) is 12.8 Å². The van der Waals surface area contributed by atoms with Gasteiger partial charge in [-0.05, 0) is 40.4 Å². The molecule has 0 bridgehead atoms. The molecule has 0 heterocycles. The number of hydrogen-bond acceptors (Lipinski definition) is 1. The van der Waals surface area contributed by atoms with Gasteiger partial charge in [0.15, 0.2) is 0 Å². The molecule has 0 aromatic heterocycles. The summed E-state index contributed by atoms with van der Waals surface area (Å²) in [5, 5.41) is 9.43. The van der Waals surface area contributed by atoms with Crippen LogP contribution in [0.2, 0.25) is 0 Å². The van der Waals surface area contributed by atoms with E-state index in [1.807, 2.05) is 0 Å². The molecule has 0 saturated heterocycles. The lowest BCUT2D eigenvalue weighted by atomic mass is 9.85. The van der Waals surface area contributed by atoms with Crippen LogP contribution < -0.4 is 0 Å². The van der Waals surface area contributed by atoms with Crippen molar-refractivity contribution in [3.05, 3.63) is 34.9 Å². The standard InChI is InChI=1S/C15H22O/c1-14(2,3)13-6-5-11-8-15(4,10-16)9-12(11)7-13/h5-7,16H,8-10H2,1-4H3/t15-/m1/s1. The van der Waals surface area contributed by atoms with Gasteiger partial charge < -0.3 is 5.11 Å². The second kappa shape index (κ2) is 3.59. The van der Waals surface area contributed by atoms with Gasteiger partial charge in [0.1, 0.15) is 0 Å². The summed E-state index contributed by atoms with van der Waals surface area (Å²) < 4.78 is 0. The first-order valence-corrected chi connectivity index (χ1v) is 6.07. The van der Waals surface area contributed by atoms with Crippen LogP contribution in [-0.2, 0) is 18.3 Å². The van der Waals surface area contributed by atoms with Gasteiger partial charge in [-0.2, -0.15) is 0 Å². The van der Waals surface area contributed by atoms with Gasteiger partial charge in [0.05, 0.1) is 0 Å².